The van der Waals surface area contributed by atoms with E-state index in [1.165, 1.54) is 0 Å². The maximum Gasteiger partial charge on any atom is 0.254 e. The van der Waals surface area contributed by atoms with Crippen molar-refractivity contribution < 1.29 is 9.53 Å². The molecule has 3 heteroatoms. The molecule has 0 aromatic heterocycles. The first-order valence-corrected chi connectivity index (χ1v) is 5.78. The monoisotopic (exact) mass is 237 g/mol. The Kier molecular flexibility index (Phi) is 2.45. The summed E-state index contributed by atoms with van der Waals surface area (Å²) in [4.78, 5) is 12.1. The predicted molar refractivity (Wildman–Crippen MR) is 69.2 cm³/mol. The third-order valence-electron chi connectivity index (χ3n) is 3.12. The van der Waals surface area contributed by atoms with Crippen molar-refractivity contribution >= 4 is 17.2 Å². The van der Waals surface area contributed by atoms with E-state index in [0.717, 1.165) is 10.3 Å². The summed E-state index contributed by atoms with van der Waals surface area (Å²) >= 11 is 0. The van der Waals surface area contributed by atoms with Crippen molar-refractivity contribution in [3.8, 4) is 0 Å². The second-order valence-electron chi connectivity index (χ2n) is 4.24. The second kappa shape index (κ2) is 4.11. The van der Waals surface area contributed by atoms with Gasteiger partial charge in [0, 0.05) is 17.7 Å². The van der Waals surface area contributed by atoms with Gasteiger partial charge in [0.15, 0.2) is 0 Å². The molecule has 0 saturated carbocycles. The Balaban J connectivity index is 2.09. The number of benzene rings is 2. The fourth-order valence-corrected chi connectivity index (χ4v) is 2.20. The summed E-state index contributed by atoms with van der Waals surface area (Å²) in [5.41, 5.74) is 2.36. The normalized spacial score (nSPS) is 16.6. The van der Waals surface area contributed by atoms with E-state index in [9.17, 15) is 10.0 Å². The standard InChI is InChI=1S/C15H11NO2/c17-15-13-9-5-4-6-11(13)10-14(15)16(18)12-7-2-1-3-8-12/h1-9H,10H2/b16-14+. The molecule has 2 aromatic rings. The lowest BCUT2D eigenvalue weighted by Crippen LogP contribution is -2.18. The highest BCUT2D eigenvalue weighted by atomic mass is 16.5. The summed E-state index contributed by atoms with van der Waals surface area (Å²) < 4.78 is 0.738. The molecule has 3 rings (SSSR count). The van der Waals surface area contributed by atoms with Crippen LogP contribution in [0.2, 0.25) is 0 Å². The zero-order chi connectivity index (χ0) is 12.5. The van der Waals surface area contributed by atoms with E-state index in [1.807, 2.05) is 24.3 Å². The smallest absolute Gasteiger partial charge is 0.254 e. The molecule has 0 saturated heterocycles. The SMILES string of the molecule is O=C1/C(=[N+](/[O-])c2ccccc2)Cc2ccccc21. The number of fused-ring (bicyclic) bond motifs is 1. The maximum absolute atomic E-state index is 12.2. The third-order valence-corrected chi connectivity index (χ3v) is 3.12. The maximum atomic E-state index is 12.2. The zero-order valence-corrected chi connectivity index (χ0v) is 9.67. The van der Waals surface area contributed by atoms with Gasteiger partial charge in [-0.25, -0.2) is 0 Å². The Morgan fingerprint density at radius 1 is 0.944 bits per heavy atom. The molecule has 18 heavy (non-hydrogen) atoms. The highest BCUT2D eigenvalue weighted by molar-refractivity contribution is 6.47. The van der Waals surface area contributed by atoms with E-state index < -0.39 is 0 Å². The number of nitrogens with zero attached hydrogens (tertiary/aromatic N) is 1. The van der Waals surface area contributed by atoms with Crippen molar-refractivity contribution in [2.45, 2.75) is 6.42 Å². The first-order valence-electron chi connectivity index (χ1n) is 5.78. The Bertz CT molecular complexity index is 645. The summed E-state index contributed by atoms with van der Waals surface area (Å²) in [6.07, 6.45) is 0.410. The van der Waals surface area contributed by atoms with E-state index in [2.05, 4.69) is 0 Å². The van der Waals surface area contributed by atoms with Gasteiger partial charge in [-0.1, -0.05) is 42.5 Å². The summed E-state index contributed by atoms with van der Waals surface area (Å²) in [5, 5.41) is 12.2. The minimum absolute atomic E-state index is 0.163. The number of para-hydroxylation sites is 1. The lowest BCUT2D eigenvalue weighted by Gasteiger charge is -2.04. The van der Waals surface area contributed by atoms with E-state index in [1.54, 1.807) is 30.3 Å². The number of ketones is 1. The van der Waals surface area contributed by atoms with Crippen LogP contribution in [0.25, 0.3) is 0 Å². The van der Waals surface area contributed by atoms with Gasteiger partial charge in [-0.05, 0) is 5.56 Å². The molecule has 0 spiro atoms. The number of carbonyl (C=O) groups is 1. The summed E-state index contributed by atoms with van der Waals surface area (Å²) in [5.74, 6) is -0.163. The van der Waals surface area contributed by atoms with Crippen molar-refractivity contribution in [1.82, 2.24) is 0 Å². The van der Waals surface area contributed by atoms with Gasteiger partial charge in [0.25, 0.3) is 5.78 Å². The highest BCUT2D eigenvalue weighted by Gasteiger charge is 2.32. The molecule has 0 radical (unpaired) electrons. The molecule has 1 aliphatic rings. The molecule has 0 N–H and O–H groups in total. The van der Waals surface area contributed by atoms with Crippen molar-refractivity contribution in [1.29, 1.82) is 0 Å². The lowest BCUT2D eigenvalue weighted by atomic mass is 10.1. The van der Waals surface area contributed by atoms with Crippen LogP contribution in [0.1, 0.15) is 15.9 Å². The number of rotatable bonds is 1. The minimum Gasteiger partial charge on any atom is -0.618 e. The van der Waals surface area contributed by atoms with E-state index >= 15 is 0 Å². The quantitative estimate of drug-likeness (QED) is 0.435. The lowest BCUT2D eigenvalue weighted by molar-refractivity contribution is -0.360. The van der Waals surface area contributed by atoms with Crippen LogP contribution in [0.5, 0.6) is 0 Å². The van der Waals surface area contributed by atoms with Gasteiger partial charge in [0.2, 0.25) is 11.4 Å². The third kappa shape index (κ3) is 1.61. The van der Waals surface area contributed by atoms with Crippen LogP contribution in [0.3, 0.4) is 0 Å². The van der Waals surface area contributed by atoms with Gasteiger partial charge in [-0.15, -0.1) is 0 Å². The second-order valence-corrected chi connectivity index (χ2v) is 4.24. The van der Waals surface area contributed by atoms with Gasteiger partial charge in [0.1, 0.15) is 0 Å². The van der Waals surface area contributed by atoms with Crippen molar-refractivity contribution in [3.63, 3.8) is 0 Å². The van der Waals surface area contributed by atoms with Gasteiger partial charge in [0.05, 0.1) is 6.42 Å². The molecule has 0 atom stereocenters. The first kappa shape index (κ1) is 10.7. The number of carbonyl (C=O) groups excluding carboxylic acids is 1. The average Bonchev–Trinajstić information content (AvgIpc) is 2.77. The van der Waals surface area contributed by atoms with Gasteiger partial charge < -0.3 is 5.21 Å². The van der Waals surface area contributed by atoms with E-state index in [0.29, 0.717) is 23.4 Å². The Morgan fingerprint density at radius 2 is 1.61 bits per heavy atom. The highest BCUT2D eigenvalue weighted by Crippen LogP contribution is 2.22. The molecule has 0 unspecified atom stereocenters. The summed E-state index contributed by atoms with van der Waals surface area (Å²) in [6, 6.07) is 16.2. The molecule has 2 aromatic carbocycles. The molecular formula is C15H11NO2. The van der Waals surface area contributed by atoms with Crippen molar-refractivity contribution in [2.75, 3.05) is 0 Å². The van der Waals surface area contributed by atoms with Crippen LogP contribution in [-0.4, -0.2) is 16.2 Å². The van der Waals surface area contributed by atoms with E-state index in [4.69, 9.17) is 0 Å². The fraction of sp³-hybridized carbons (Fsp3) is 0.0667. The number of hydrogen-bond donors (Lipinski definition) is 0. The Morgan fingerprint density at radius 3 is 2.33 bits per heavy atom. The fourth-order valence-electron chi connectivity index (χ4n) is 2.20. The first-order chi connectivity index (χ1) is 8.77. The minimum atomic E-state index is -0.163. The van der Waals surface area contributed by atoms with Gasteiger partial charge in [-0.3, -0.25) is 4.79 Å². The predicted octanol–water partition coefficient (Wildman–Crippen LogP) is 2.71. The topological polar surface area (TPSA) is 43.1 Å². The molecule has 0 fully saturated rings. The van der Waals surface area contributed by atoms with Gasteiger partial charge in [-0.2, -0.15) is 4.74 Å². The van der Waals surface area contributed by atoms with Gasteiger partial charge >= 0.3 is 0 Å². The largest absolute Gasteiger partial charge is 0.618 e. The molecule has 0 bridgehead atoms. The van der Waals surface area contributed by atoms with Crippen LogP contribution in [0.15, 0.2) is 54.6 Å². The molecule has 0 heterocycles. The number of Topliss-reactive ketones (excluding diaryl/α,β-unsaturated/α-hetero) is 1. The molecule has 3 nitrogen and oxygen atoms in total. The zero-order valence-electron chi connectivity index (χ0n) is 9.67. The van der Waals surface area contributed by atoms with Crippen LogP contribution >= 0.6 is 0 Å². The molecule has 1 aliphatic carbocycles. The Hall–Kier alpha value is -2.42. The van der Waals surface area contributed by atoms with Crippen LogP contribution in [-0.2, 0) is 6.42 Å². The van der Waals surface area contributed by atoms with Crippen LogP contribution in [0, 0.1) is 5.21 Å². The average molecular weight is 237 g/mol. The summed E-state index contributed by atoms with van der Waals surface area (Å²) in [6.45, 7) is 0. The molecule has 88 valence electrons. The van der Waals surface area contributed by atoms with Crippen molar-refractivity contribution in [2.24, 2.45) is 0 Å². The van der Waals surface area contributed by atoms with Crippen molar-refractivity contribution in [3.05, 3.63) is 70.9 Å². The molecular weight excluding hydrogens is 226 g/mol. The van der Waals surface area contributed by atoms with E-state index in [-0.39, 0.29) is 5.78 Å². The van der Waals surface area contributed by atoms with Crippen LogP contribution in [0.4, 0.5) is 5.69 Å². The molecule has 0 amide bonds. The number of hydrogen-bond acceptors (Lipinski definition) is 2. The summed E-state index contributed by atoms with van der Waals surface area (Å²) in [7, 11) is 0. The molecule has 0 aliphatic heterocycles. The van der Waals surface area contributed by atoms with Crippen LogP contribution < -0.4 is 0 Å². The Labute approximate surface area is 105 Å².